The number of aromatic nitrogens is 1. The van der Waals surface area contributed by atoms with E-state index >= 15 is 0 Å². The Morgan fingerprint density at radius 1 is 1.12 bits per heavy atom. The molecule has 17 heavy (non-hydrogen) atoms. The van der Waals surface area contributed by atoms with Gasteiger partial charge in [0.1, 0.15) is 0 Å². The lowest BCUT2D eigenvalue weighted by Gasteiger charge is -2.09. The highest BCUT2D eigenvalue weighted by atomic mass is 79.9. The van der Waals surface area contributed by atoms with Gasteiger partial charge < -0.3 is 4.74 Å². The summed E-state index contributed by atoms with van der Waals surface area (Å²) >= 11 is 3.60. The fourth-order valence-corrected chi connectivity index (χ4v) is 2.70. The summed E-state index contributed by atoms with van der Waals surface area (Å²) in [5, 5.41) is 4.52. The summed E-state index contributed by atoms with van der Waals surface area (Å²) in [7, 11) is 1.65. The van der Waals surface area contributed by atoms with E-state index in [0.717, 1.165) is 20.6 Å². The molecule has 1 heterocycles. The average Bonchev–Trinajstić information content (AvgIpc) is 2.38. The van der Waals surface area contributed by atoms with Crippen LogP contribution >= 0.6 is 15.9 Å². The van der Waals surface area contributed by atoms with Crippen LogP contribution in [0.1, 0.15) is 0 Å². The maximum Gasteiger partial charge on any atom is 0.221 e. The molecule has 3 aromatic rings. The lowest BCUT2D eigenvalue weighted by Crippen LogP contribution is -1.90. The van der Waals surface area contributed by atoms with Gasteiger partial charge in [0.2, 0.25) is 5.88 Å². The van der Waals surface area contributed by atoms with Crippen molar-refractivity contribution in [3.63, 3.8) is 0 Å². The van der Waals surface area contributed by atoms with Gasteiger partial charge in [-0.3, -0.25) is 0 Å². The molecule has 0 bridgehead atoms. The summed E-state index contributed by atoms with van der Waals surface area (Å²) in [5.41, 5.74) is 0. The summed E-state index contributed by atoms with van der Waals surface area (Å²) in [4.78, 5) is 4.27. The largest absolute Gasteiger partial charge is 0.481 e. The van der Waals surface area contributed by atoms with E-state index in [1.807, 2.05) is 18.2 Å². The van der Waals surface area contributed by atoms with Gasteiger partial charge in [0.05, 0.1) is 12.5 Å². The number of hydrogen-bond acceptors (Lipinski definition) is 2. The van der Waals surface area contributed by atoms with Crippen LogP contribution in [-0.4, -0.2) is 12.1 Å². The molecule has 3 rings (SSSR count). The van der Waals surface area contributed by atoms with Gasteiger partial charge in [0.25, 0.3) is 0 Å². The van der Waals surface area contributed by atoms with Crippen LogP contribution in [-0.2, 0) is 0 Å². The number of methoxy groups -OCH3 is 1. The lowest BCUT2D eigenvalue weighted by atomic mass is 10.0. The Hall–Kier alpha value is -1.61. The molecule has 3 heteroatoms. The van der Waals surface area contributed by atoms with Crippen molar-refractivity contribution < 1.29 is 4.74 Å². The van der Waals surface area contributed by atoms with E-state index in [1.165, 1.54) is 5.39 Å². The van der Waals surface area contributed by atoms with Crippen molar-refractivity contribution in [1.29, 1.82) is 0 Å². The lowest BCUT2D eigenvalue weighted by molar-refractivity contribution is 0.403. The highest BCUT2D eigenvalue weighted by Crippen LogP contribution is 2.35. The highest BCUT2D eigenvalue weighted by molar-refractivity contribution is 9.10. The molecule has 0 saturated heterocycles. The molecule has 1 aromatic heterocycles. The Balaban J connectivity index is 2.61. The topological polar surface area (TPSA) is 22.1 Å². The van der Waals surface area contributed by atoms with Crippen molar-refractivity contribution in [2.45, 2.75) is 0 Å². The molecule has 0 unspecified atom stereocenters. The average molecular weight is 288 g/mol. The molecular weight excluding hydrogens is 278 g/mol. The third-order valence-electron chi connectivity index (χ3n) is 2.88. The molecule has 0 atom stereocenters. The van der Waals surface area contributed by atoms with Gasteiger partial charge in [0.15, 0.2) is 0 Å². The number of hydrogen-bond donors (Lipinski definition) is 0. The molecule has 0 N–H and O–H groups in total. The van der Waals surface area contributed by atoms with Crippen LogP contribution < -0.4 is 4.74 Å². The van der Waals surface area contributed by atoms with Crippen LogP contribution in [0.3, 0.4) is 0 Å². The van der Waals surface area contributed by atoms with E-state index in [1.54, 1.807) is 13.3 Å². The maximum absolute atomic E-state index is 5.36. The van der Waals surface area contributed by atoms with Crippen LogP contribution in [0, 0.1) is 0 Å². The monoisotopic (exact) mass is 287 g/mol. The number of benzene rings is 2. The van der Waals surface area contributed by atoms with Crippen LogP contribution in [0.5, 0.6) is 5.88 Å². The van der Waals surface area contributed by atoms with E-state index in [4.69, 9.17) is 4.74 Å². The maximum atomic E-state index is 5.36. The summed E-state index contributed by atoms with van der Waals surface area (Å²) in [5.74, 6) is 0.667. The summed E-state index contributed by atoms with van der Waals surface area (Å²) < 4.78 is 6.42. The first-order chi connectivity index (χ1) is 8.31. The van der Waals surface area contributed by atoms with Crippen molar-refractivity contribution >= 4 is 37.5 Å². The number of rotatable bonds is 1. The molecule has 0 saturated carbocycles. The number of pyridine rings is 1. The zero-order valence-corrected chi connectivity index (χ0v) is 10.9. The standard InChI is InChI=1S/C14H10BrNO/c1-17-14-13-10-5-3-2-4-9(10)8-12(15)11(13)6-7-16-14/h2-8H,1H3. The number of nitrogens with zero attached hydrogens (tertiary/aromatic N) is 1. The highest BCUT2D eigenvalue weighted by Gasteiger charge is 2.09. The van der Waals surface area contributed by atoms with Gasteiger partial charge >= 0.3 is 0 Å². The van der Waals surface area contributed by atoms with Crippen molar-refractivity contribution in [2.24, 2.45) is 0 Å². The van der Waals surface area contributed by atoms with Crippen molar-refractivity contribution in [1.82, 2.24) is 4.98 Å². The Morgan fingerprint density at radius 3 is 2.76 bits per heavy atom. The molecule has 2 nitrogen and oxygen atoms in total. The molecule has 84 valence electrons. The first-order valence-electron chi connectivity index (χ1n) is 5.31. The summed E-state index contributed by atoms with van der Waals surface area (Å²) in [6.45, 7) is 0. The Kier molecular flexibility index (Phi) is 2.48. The molecule has 0 amide bonds. The van der Waals surface area contributed by atoms with E-state index in [0.29, 0.717) is 5.88 Å². The smallest absolute Gasteiger partial charge is 0.221 e. The van der Waals surface area contributed by atoms with E-state index < -0.39 is 0 Å². The van der Waals surface area contributed by atoms with Crippen LogP contribution in [0.25, 0.3) is 21.5 Å². The Morgan fingerprint density at radius 2 is 1.94 bits per heavy atom. The predicted molar refractivity (Wildman–Crippen MR) is 73.5 cm³/mol. The fourth-order valence-electron chi connectivity index (χ4n) is 2.12. The second kappa shape index (κ2) is 4.00. The predicted octanol–water partition coefficient (Wildman–Crippen LogP) is 4.16. The number of halogens is 1. The summed E-state index contributed by atoms with van der Waals surface area (Å²) in [6, 6.07) is 12.4. The van der Waals surface area contributed by atoms with Crippen molar-refractivity contribution in [3.8, 4) is 5.88 Å². The summed E-state index contributed by atoms with van der Waals surface area (Å²) in [6.07, 6.45) is 1.76. The quantitative estimate of drug-likeness (QED) is 0.627. The minimum Gasteiger partial charge on any atom is -0.481 e. The van der Waals surface area contributed by atoms with Gasteiger partial charge in [0, 0.05) is 16.1 Å². The molecule has 0 aliphatic rings. The SMILES string of the molecule is COc1nccc2c(Br)cc3ccccc3c12. The Labute approximate surface area is 107 Å². The van der Waals surface area contributed by atoms with Gasteiger partial charge in [-0.25, -0.2) is 4.98 Å². The third-order valence-corrected chi connectivity index (χ3v) is 3.54. The first kappa shape index (κ1) is 10.5. The van der Waals surface area contributed by atoms with E-state index in [9.17, 15) is 0 Å². The fraction of sp³-hybridized carbons (Fsp3) is 0.0714. The van der Waals surface area contributed by atoms with Crippen LogP contribution in [0.4, 0.5) is 0 Å². The number of fused-ring (bicyclic) bond motifs is 3. The normalized spacial score (nSPS) is 10.9. The molecule has 0 aliphatic heterocycles. The second-order valence-corrected chi connectivity index (χ2v) is 4.68. The molecular formula is C14H10BrNO. The minimum absolute atomic E-state index is 0.667. The van der Waals surface area contributed by atoms with Crippen LogP contribution in [0.2, 0.25) is 0 Å². The van der Waals surface area contributed by atoms with Crippen LogP contribution in [0.15, 0.2) is 47.1 Å². The zero-order valence-electron chi connectivity index (χ0n) is 9.27. The minimum atomic E-state index is 0.667. The molecule has 0 radical (unpaired) electrons. The Bertz CT molecular complexity index is 709. The molecule has 0 fully saturated rings. The van der Waals surface area contributed by atoms with Crippen molar-refractivity contribution in [3.05, 3.63) is 47.1 Å². The molecule has 0 spiro atoms. The molecule has 0 aliphatic carbocycles. The van der Waals surface area contributed by atoms with E-state index in [2.05, 4.69) is 39.1 Å². The van der Waals surface area contributed by atoms with Gasteiger partial charge in [-0.1, -0.05) is 40.2 Å². The molecule has 2 aromatic carbocycles. The second-order valence-electron chi connectivity index (χ2n) is 3.82. The van der Waals surface area contributed by atoms with Gasteiger partial charge in [-0.2, -0.15) is 0 Å². The van der Waals surface area contributed by atoms with Gasteiger partial charge in [-0.05, 0) is 22.9 Å². The third kappa shape index (κ3) is 1.58. The van der Waals surface area contributed by atoms with E-state index in [-0.39, 0.29) is 0 Å². The van der Waals surface area contributed by atoms with Crippen molar-refractivity contribution in [2.75, 3.05) is 7.11 Å². The number of ether oxygens (including phenoxy) is 1. The van der Waals surface area contributed by atoms with Gasteiger partial charge in [-0.15, -0.1) is 0 Å². The first-order valence-corrected chi connectivity index (χ1v) is 6.10. The zero-order chi connectivity index (χ0) is 11.8.